The molecule has 0 aliphatic heterocycles. The Kier molecular flexibility index (Phi) is 8.56. The van der Waals surface area contributed by atoms with Crippen LogP contribution in [0.2, 0.25) is 0 Å². The number of ether oxygens (including phenoxy) is 1. The van der Waals surface area contributed by atoms with Gasteiger partial charge in [0.25, 0.3) is 0 Å². The largest absolute Gasteiger partial charge is 0.493 e. The van der Waals surface area contributed by atoms with Gasteiger partial charge in [-0.1, -0.05) is 26.2 Å². The first-order valence-electron chi connectivity index (χ1n) is 11.2. The molecule has 154 valence electrons. The zero-order chi connectivity index (χ0) is 20.3. The Morgan fingerprint density at radius 2 is 1.69 bits per heavy atom. The summed E-state index contributed by atoms with van der Waals surface area (Å²) in [5.41, 5.74) is 2.26. The average Bonchev–Trinajstić information content (AvgIpc) is 2.77. The molecule has 3 rings (SSSR count). The molecule has 1 aromatic heterocycles. The van der Waals surface area contributed by atoms with Crippen LogP contribution in [-0.4, -0.2) is 16.6 Å². The van der Waals surface area contributed by atoms with Crippen molar-refractivity contribution in [3.8, 4) is 29.0 Å². The van der Waals surface area contributed by atoms with E-state index in [-0.39, 0.29) is 0 Å². The third kappa shape index (κ3) is 6.89. The van der Waals surface area contributed by atoms with Crippen LogP contribution in [0.25, 0.3) is 11.4 Å². The number of nitrogens with zero attached hydrogens (tertiary/aromatic N) is 2. The van der Waals surface area contributed by atoms with Crippen LogP contribution in [0.4, 0.5) is 0 Å². The van der Waals surface area contributed by atoms with Gasteiger partial charge < -0.3 is 4.74 Å². The van der Waals surface area contributed by atoms with E-state index in [1.807, 2.05) is 31.5 Å². The molecule has 0 spiro atoms. The molecule has 1 aliphatic carbocycles. The summed E-state index contributed by atoms with van der Waals surface area (Å²) in [6, 6.07) is 8.18. The minimum atomic E-state index is 0.596. The molecule has 29 heavy (non-hydrogen) atoms. The topological polar surface area (TPSA) is 35.0 Å². The van der Waals surface area contributed by atoms with Crippen LogP contribution in [-0.2, 0) is 6.42 Å². The molecule has 0 amide bonds. The first-order chi connectivity index (χ1) is 14.3. The first-order valence-corrected chi connectivity index (χ1v) is 11.2. The van der Waals surface area contributed by atoms with Crippen molar-refractivity contribution < 1.29 is 4.74 Å². The maximum atomic E-state index is 6.04. The molecule has 3 heteroatoms. The lowest BCUT2D eigenvalue weighted by Gasteiger charge is -2.25. The van der Waals surface area contributed by atoms with Gasteiger partial charge in [-0.05, 0) is 81.2 Å². The van der Waals surface area contributed by atoms with Crippen molar-refractivity contribution in [1.82, 2.24) is 9.97 Å². The minimum absolute atomic E-state index is 0.596. The lowest BCUT2D eigenvalue weighted by molar-refractivity contribution is 0.196. The molecule has 1 aliphatic rings. The van der Waals surface area contributed by atoms with Gasteiger partial charge in [-0.2, -0.15) is 0 Å². The van der Waals surface area contributed by atoms with Gasteiger partial charge in [-0.25, -0.2) is 9.97 Å². The summed E-state index contributed by atoms with van der Waals surface area (Å²) in [6.07, 6.45) is 14.9. The summed E-state index contributed by atoms with van der Waals surface area (Å²) in [5, 5.41) is 0. The number of aromatic nitrogens is 2. The summed E-state index contributed by atoms with van der Waals surface area (Å²) >= 11 is 0. The van der Waals surface area contributed by atoms with E-state index in [0.29, 0.717) is 11.8 Å². The van der Waals surface area contributed by atoms with Crippen LogP contribution < -0.4 is 4.74 Å². The number of hydrogen-bond acceptors (Lipinski definition) is 3. The van der Waals surface area contributed by atoms with Crippen LogP contribution >= 0.6 is 0 Å². The molecule has 0 unspecified atom stereocenters. The zero-order valence-corrected chi connectivity index (χ0v) is 18.0. The molecule has 1 saturated carbocycles. The first kappa shape index (κ1) is 21.4. The van der Waals surface area contributed by atoms with E-state index in [2.05, 4.69) is 40.9 Å². The molecule has 0 bridgehead atoms. The number of unbranched alkanes of at least 4 members (excludes halogenated alkanes) is 3. The Morgan fingerprint density at radius 1 is 0.966 bits per heavy atom. The van der Waals surface area contributed by atoms with Gasteiger partial charge in [0.15, 0.2) is 5.82 Å². The highest BCUT2D eigenvalue weighted by Gasteiger charge is 2.20. The van der Waals surface area contributed by atoms with Crippen molar-refractivity contribution in [1.29, 1.82) is 0 Å². The molecule has 0 saturated heterocycles. The van der Waals surface area contributed by atoms with E-state index in [9.17, 15) is 0 Å². The molecule has 1 aromatic carbocycles. The maximum absolute atomic E-state index is 6.04. The lowest BCUT2D eigenvalue weighted by atomic mass is 9.83. The predicted octanol–water partition coefficient (Wildman–Crippen LogP) is 6.47. The predicted molar refractivity (Wildman–Crippen MR) is 120 cm³/mol. The molecule has 1 heterocycles. The Bertz CT molecular complexity index is 778. The maximum Gasteiger partial charge on any atom is 0.159 e. The summed E-state index contributed by atoms with van der Waals surface area (Å²) in [6.45, 7) is 4.98. The van der Waals surface area contributed by atoms with E-state index in [1.54, 1.807) is 0 Å². The van der Waals surface area contributed by atoms with Gasteiger partial charge in [-0.15, -0.1) is 11.8 Å². The molecule has 0 N–H and O–H groups in total. The molecule has 0 radical (unpaired) electrons. The van der Waals surface area contributed by atoms with E-state index in [0.717, 1.165) is 30.2 Å². The number of benzene rings is 1. The van der Waals surface area contributed by atoms with Gasteiger partial charge in [0.1, 0.15) is 5.75 Å². The van der Waals surface area contributed by atoms with E-state index >= 15 is 0 Å². The van der Waals surface area contributed by atoms with Crippen molar-refractivity contribution in [2.75, 3.05) is 6.61 Å². The Morgan fingerprint density at radius 3 is 2.34 bits per heavy atom. The second-order valence-electron chi connectivity index (χ2n) is 8.17. The monoisotopic (exact) mass is 390 g/mol. The highest BCUT2D eigenvalue weighted by atomic mass is 16.5. The van der Waals surface area contributed by atoms with Crippen LogP contribution in [0.5, 0.6) is 5.75 Å². The smallest absolute Gasteiger partial charge is 0.159 e. The normalized spacial score (nSPS) is 18.7. The fourth-order valence-electron chi connectivity index (χ4n) is 3.98. The number of hydrogen-bond donors (Lipinski definition) is 0. The third-order valence-electron chi connectivity index (χ3n) is 5.82. The molecule has 2 aromatic rings. The van der Waals surface area contributed by atoms with Crippen LogP contribution in [0.1, 0.15) is 70.8 Å². The fraction of sp³-hybridized carbons (Fsp3) is 0.538. The van der Waals surface area contributed by atoms with Crippen molar-refractivity contribution in [3.05, 3.63) is 42.2 Å². The average molecular weight is 391 g/mol. The van der Waals surface area contributed by atoms with Gasteiger partial charge in [0.2, 0.25) is 0 Å². The van der Waals surface area contributed by atoms with E-state index in [1.165, 1.54) is 56.9 Å². The quantitative estimate of drug-likeness (QED) is 0.363. The lowest BCUT2D eigenvalue weighted by Crippen LogP contribution is -2.19. The van der Waals surface area contributed by atoms with Gasteiger partial charge in [0.05, 0.1) is 6.61 Å². The van der Waals surface area contributed by atoms with E-state index < -0.39 is 0 Å². The molecular formula is C26H34N2O. The van der Waals surface area contributed by atoms with Crippen LogP contribution in [0.3, 0.4) is 0 Å². The minimum Gasteiger partial charge on any atom is -0.493 e. The summed E-state index contributed by atoms with van der Waals surface area (Å²) < 4.78 is 6.04. The highest BCUT2D eigenvalue weighted by molar-refractivity contribution is 5.55. The summed E-state index contributed by atoms with van der Waals surface area (Å²) in [4.78, 5) is 9.11. The van der Waals surface area contributed by atoms with Crippen LogP contribution in [0.15, 0.2) is 36.7 Å². The second-order valence-corrected chi connectivity index (χ2v) is 8.17. The summed E-state index contributed by atoms with van der Waals surface area (Å²) in [5.74, 6) is 9.33. The molecule has 0 atom stereocenters. The molecule has 1 fully saturated rings. The number of rotatable bonds is 9. The van der Waals surface area contributed by atoms with Crippen LogP contribution in [0, 0.1) is 23.7 Å². The van der Waals surface area contributed by atoms with Crippen molar-refractivity contribution in [2.45, 2.75) is 71.6 Å². The third-order valence-corrected chi connectivity index (χ3v) is 5.82. The van der Waals surface area contributed by atoms with Gasteiger partial charge >= 0.3 is 0 Å². The highest BCUT2D eigenvalue weighted by Crippen LogP contribution is 2.29. The van der Waals surface area contributed by atoms with Crippen molar-refractivity contribution in [2.24, 2.45) is 11.8 Å². The fourth-order valence-corrected chi connectivity index (χ4v) is 3.98. The SMILES string of the molecule is CC#CC1CCC(COc2ccc(-c3ncc(CCCCCC)cn3)cc2)CC1. The van der Waals surface area contributed by atoms with Crippen molar-refractivity contribution >= 4 is 0 Å². The Labute approximate surface area is 176 Å². The molecule has 3 nitrogen and oxygen atoms in total. The Hall–Kier alpha value is -2.34. The van der Waals surface area contributed by atoms with Gasteiger partial charge in [0, 0.05) is 23.9 Å². The van der Waals surface area contributed by atoms with E-state index in [4.69, 9.17) is 4.74 Å². The number of aryl methyl sites for hydroxylation is 1. The summed E-state index contributed by atoms with van der Waals surface area (Å²) in [7, 11) is 0. The Balaban J connectivity index is 1.45. The zero-order valence-electron chi connectivity index (χ0n) is 18.0. The standard InChI is InChI=1S/C26H34N2O/c1-3-5-6-7-9-23-18-27-26(28-19-23)24-14-16-25(17-15-24)29-20-22-12-10-21(8-4-2)11-13-22/h14-19,21-22H,3,5-7,9-13,20H2,1-2H3. The molecular weight excluding hydrogens is 356 g/mol. The van der Waals surface area contributed by atoms with Crippen molar-refractivity contribution in [3.63, 3.8) is 0 Å². The van der Waals surface area contributed by atoms with Gasteiger partial charge in [-0.3, -0.25) is 0 Å². The second kappa shape index (κ2) is 11.6.